The number of phenols is 1. The minimum Gasteiger partial charge on any atom is -0.507 e. The number of hydrazone groups is 1. The summed E-state index contributed by atoms with van der Waals surface area (Å²) >= 11 is 2.80. The summed E-state index contributed by atoms with van der Waals surface area (Å²) in [7, 11) is 0. The molecule has 5 rings (SSSR count). The molecule has 1 aliphatic carbocycles. The van der Waals surface area contributed by atoms with Gasteiger partial charge in [0.1, 0.15) is 10.6 Å². The van der Waals surface area contributed by atoms with Gasteiger partial charge in [0.2, 0.25) is 0 Å². The molecule has 0 saturated heterocycles. The summed E-state index contributed by atoms with van der Waals surface area (Å²) in [4.78, 5) is 33.1. The first-order valence-electron chi connectivity index (χ1n) is 11.4. The monoisotopic (exact) mass is 504 g/mol. The van der Waals surface area contributed by atoms with Gasteiger partial charge in [0.25, 0.3) is 11.5 Å². The number of thioether (sulfide) groups is 1. The molecular weight excluding hydrogens is 480 g/mol. The minimum atomic E-state index is -0.329. The van der Waals surface area contributed by atoms with Crippen LogP contribution >= 0.6 is 23.1 Å². The molecule has 0 unspecified atom stereocenters. The van der Waals surface area contributed by atoms with E-state index in [4.69, 9.17) is 4.98 Å². The molecule has 0 spiro atoms. The second kappa shape index (κ2) is 10.1. The van der Waals surface area contributed by atoms with Crippen molar-refractivity contribution in [1.82, 2.24) is 15.0 Å². The van der Waals surface area contributed by atoms with Crippen LogP contribution < -0.4 is 11.0 Å². The molecule has 178 valence electrons. The Labute approximate surface area is 210 Å². The van der Waals surface area contributed by atoms with E-state index < -0.39 is 0 Å². The van der Waals surface area contributed by atoms with E-state index in [1.54, 1.807) is 47.1 Å². The van der Waals surface area contributed by atoms with Gasteiger partial charge in [-0.1, -0.05) is 42.1 Å². The van der Waals surface area contributed by atoms with Crippen LogP contribution in [0.1, 0.15) is 35.8 Å². The van der Waals surface area contributed by atoms with Gasteiger partial charge in [0.05, 0.1) is 22.5 Å². The van der Waals surface area contributed by atoms with Crippen LogP contribution in [0.15, 0.2) is 69.6 Å². The number of nitrogens with zero attached hydrogens (tertiary/aromatic N) is 3. The first-order chi connectivity index (χ1) is 17.0. The number of nitrogens with one attached hydrogen (secondary N) is 1. The second-order valence-electron chi connectivity index (χ2n) is 8.30. The number of hydrogen-bond acceptors (Lipinski definition) is 7. The lowest BCUT2D eigenvalue weighted by molar-refractivity contribution is -0.118. The predicted octanol–water partition coefficient (Wildman–Crippen LogP) is 4.66. The van der Waals surface area contributed by atoms with Crippen molar-refractivity contribution in [1.29, 1.82) is 0 Å². The summed E-state index contributed by atoms with van der Waals surface area (Å²) < 4.78 is 1.61. The highest BCUT2D eigenvalue weighted by Gasteiger charge is 2.23. The maximum Gasteiger partial charge on any atom is 0.267 e. The SMILES string of the molecule is CC(=NNC(=O)CSc1nc2sc3c(c2c(=O)n1-c1ccccc1)CCCC3)c1ccccc1O. The normalized spacial score (nSPS) is 13.6. The number of phenolic OH excluding ortho intramolecular Hbond substituents is 1. The summed E-state index contributed by atoms with van der Waals surface area (Å²) in [6.45, 7) is 1.71. The molecule has 2 heterocycles. The third-order valence-electron chi connectivity index (χ3n) is 5.95. The van der Waals surface area contributed by atoms with Crippen LogP contribution in [0.25, 0.3) is 15.9 Å². The Morgan fingerprint density at radius 1 is 1.14 bits per heavy atom. The molecule has 35 heavy (non-hydrogen) atoms. The number of benzene rings is 2. The number of rotatable bonds is 6. The van der Waals surface area contributed by atoms with Gasteiger partial charge >= 0.3 is 0 Å². The van der Waals surface area contributed by atoms with E-state index in [0.717, 1.165) is 41.8 Å². The van der Waals surface area contributed by atoms with Crippen molar-refractivity contribution in [3.63, 3.8) is 0 Å². The molecule has 0 radical (unpaired) electrons. The van der Waals surface area contributed by atoms with E-state index in [-0.39, 0.29) is 23.0 Å². The summed E-state index contributed by atoms with van der Waals surface area (Å²) in [5.74, 6) is -0.197. The summed E-state index contributed by atoms with van der Waals surface area (Å²) in [6, 6.07) is 16.2. The highest BCUT2D eigenvalue weighted by molar-refractivity contribution is 7.99. The molecule has 0 aliphatic heterocycles. The Bertz CT molecular complexity index is 1490. The fourth-order valence-electron chi connectivity index (χ4n) is 4.24. The van der Waals surface area contributed by atoms with E-state index in [1.165, 1.54) is 16.6 Å². The predicted molar refractivity (Wildman–Crippen MR) is 141 cm³/mol. The van der Waals surface area contributed by atoms with Crippen LogP contribution in [0.3, 0.4) is 0 Å². The summed E-state index contributed by atoms with van der Waals surface area (Å²) in [6.07, 6.45) is 4.11. The van der Waals surface area contributed by atoms with Crippen LogP contribution in [0.5, 0.6) is 5.75 Å². The van der Waals surface area contributed by atoms with Crippen LogP contribution in [0.4, 0.5) is 0 Å². The van der Waals surface area contributed by atoms with E-state index in [2.05, 4.69) is 10.5 Å². The van der Waals surface area contributed by atoms with Gasteiger partial charge in [-0.15, -0.1) is 11.3 Å². The molecule has 1 aliphatic rings. The van der Waals surface area contributed by atoms with E-state index in [1.807, 2.05) is 30.3 Å². The second-order valence-corrected chi connectivity index (χ2v) is 10.3. The van der Waals surface area contributed by atoms with Gasteiger partial charge in [-0.05, 0) is 62.4 Å². The number of para-hydroxylation sites is 2. The number of amides is 1. The van der Waals surface area contributed by atoms with Crippen LogP contribution in [-0.4, -0.2) is 32.0 Å². The smallest absolute Gasteiger partial charge is 0.267 e. The average molecular weight is 505 g/mol. The lowest BCUT2D eigenvalue weighted by atomic mass is 9.97. The molecule has 0 fully saturated rings. The third kappa shape index (κ3) is 4.74. The standard InChI is InChI=1S/C26H24N4O3S2/c1-16(18-11-5-7-13-20(18)31)28-29-22(32)15-34-26-27-24-23(19-12-6-8-14-21(19)35-24)25(33)30(26)17-9-3-2-4-10-17/h2-5,7,9-11,13,31H,6,8,12,14-15H2,1H3,(H,29,32). The molecule has 4 aromatic rings. The molecule has 0 atom stereocenters. The lowest BCUT2D eigenvalue weighted by Crippen LogP contribution is -2.24. The highest BCUT2D eigenvalue weighted by atomic mass is 32.2. The lowest BCUT2D eigenvalue weighted by Gasteiger charge is -2.13. The van der Waals surface area contributed by atoms with Gasteiger partial charge in [-0.25, -0.2) is 10.4 Å². The topological polar surface area (TPSA) is 96.6 Å². The minimum absolute atomic E-state index is 0.0351. The Balaban J connectivity index is 1.44. The summed E-state index contributed by atoms with van der Waals surface area (Å²) in [5, 5.41) is 15.3. The van der Waals surface area contributed by atoms with Crippen molar-refractivity contribution in [3.8, 4) is 11.4 Å². The van der Waals surface area contributed by atoms with Crippen molar-refractivity contribution in [2.24, 2.45) is 5.10 Å². The molecule has 9 heteroatoms. The van der Waals surface area contributed by atoms with Gasteiger partial charge in [0.15, 0.2) is 5.16 Å². The van der Waals surface area contributed by atoms with Crippen molar-refractivity contribution in [2.75, 3.05) is 5.75 Å². The maximum absolute atomic E-state index is 13.7. The van der Waals surface area contributed by atoms with Crippen LogP contribution in [0, 0.1) is 0 Å². The van der Waals surface area contributed by atoms with E-state index in [9.17, 15) is 14.7 Å². The molecule has 0 bridgehead atoms. The fourth-order valence-corrected chi connectivity index (χ4v) is 6.34. The maximum atomic E-state index is 13.7. The number of aryl methyl sites for hydroxylation is 2. The molecule has 7 nitrogen and oxygen atoms in total. The van der Waals surface area contributed by atoms with Crippen LogP contribution in [0.2, 0.25) is 0 Å². The van der Waals surface area contributed by atoms with Gasteiger partial charge < -0.3 is 5.11 Å². The number of carbonyl (C=O) groups excluding carboxylic acids is 1. The molecular formula is C26H24N4O3S2. The molecule has 0 saturated carbocycles. The van der Waals surface area contributed by atoms with Gasteiger partial charge in [-0.3, -0.25) is 14.2 Å². The Morgan fingerprint density at radius 3 is 2.69 bits per heavy atom. The van der Waals surface area contributed by atoms with E-state index >= 15 is 0 Å². The zero-order valence-electron chi connectivity index (χ0n) is 19.2. The number of fused-ring (bicyclic) bond motifs is 3. The molecule has 1 amide bonds. The zero-order valence-corrected chi connectivity index (χ0v) is 20.8. The number of aromatic hydroxyl groups is 1. The number of hydrogen-bond donors (Lipinski definition) is 2. The van der Waals surface area contributed by atoms with Crippen LogP contribution in [-0.2, 0) is 17.6 Å². The Hall–Kier alpha value is -3.43. The first kappa shape index (κ1) is 23.3. The molecule has 2 N–H and O–H groups in total. The number of thiophene rings is 1. The molecule has 2 aromatic heterocycles. The van der Waals surface area contributed by atoms with Crippen molar-refractivity contribution >= 4 is 44.9 Å². The quantitative estimate of drug-likeness (QED) is 0.172. The third-order valence-corrected chi connectivity index (χ3v) is 8.07. The Kier molecular flexibility index (Phi) is 6.70. The molecule has 2 aromatic carbocycles. The number of aromatic nitrogens is 2. The first-order valence-corrected chi connectivity index (χ1v) is 13.2. The average Bonchev–Trinajstić information content (AvgIpc) is 3.25. The van der Waals surface area contributed by atoms with Crippen molar-refractivity contribution in [3.05, 3.63) is 81.0 Å². The number of carbonyl (C=O) groups is 1. The fraction of sp³-hybridized carbons (Fsp3) is 0.231. The summed E-state index contributed by atoms with van der Waals surface area (Å²) in [5.41, 5.74) is 5.35. The highest BCUT2D eigenvalue weighted by Crippen LogP contribution is 2.35. The Morgan fingerprint density at radius 2 is 1.89 bits per heavy atom. The van der Waals surface area contributed by atoms with Gasteiger partial charge in [0, 0.05) is 10.4 Å². The van der Waals surface area contributed by atoms with Gasteiger partial charge in [-0.2, -0.15) is 5.10 Å². The van der Waals surface area contributed by atoms with Crippen molar-refractivity contribution in [2.45, 2.75) is 37.8 Å². The van der Waals surface area contributed by atoms with E-state index in [0.29, 0.717) is 21.8 Å². The van der Waals surface area contributed by atoms with Crippen molar-refractivity contribution < 1.29 is 9.90 Å². The zero-order chi connectivity index (χ0) is 24.4. The largest absolute Gasteiger partial charge is 0.507 e.